The lowest BCUT2D eigenvalue weighted by Crippen LogP contribution is -2.46. The van der Waals surface area contributed by atoms with Crippen molar-refractivity contribution in [2.24, 2.45) is 5.92 Å². The van der Waals surface area contributed by atoms with E-state index in [1.165, 1.54) is 38.5 Å². The summed E-state index contributed by atoms with van der Waals surface area (Å²) in [7, 11) is 3.40. The van der Waals surface area contributed by atoms with E-state index >= 15 is 0 Å². The summed E-state index contributed by atoms with van der Waals surface area (Å²) in [5.41, 5.74) is 0. The molecule has 1 unspecified atom stereocenters. The van der Waals surface area contributed by atoms with Crippen LogP contribution in [0.2, 0.25) is 0 Å². The van der Waals surface area contributed by atoms with E-state index in [0.29, 0.717) is 6.04 Å². The van der Waals surface area contributed by atoms with Crippen LogP contribution < -0.4 is 5.32 Å². The molecule has 1 aliphatic carbocycles. The van der Waals surface area contributed by atoms with Crippen molar-refractivity contribution in [3.63, 3.8) is 0 Å². The minimum atomic E-state index is -0.136. The third kappa shape index (κ3) is 4.94. The van der Waals surface area contributed by atoms with E-state index in [0.717, 1.165) is 5.92 Å². The molecule has 3 heteroatoms. The van der Waals surface area contributed by atoms with Gasteiger partial charge < -0.3 is 14.8 Å². The van der Waals surface area contributed by atoms with Crippen LogP contribution in [0.25, 0.3) is 0 Å². The van der Waals surface area contributed by atoms with Crippen LogP contribution in [-0.4, -0.2) is 32.6 Å². The molecular formula is C14H29NO2. The molecule has 0 radical (unpaired) electrons. The van der Waals surface area contributed by atoms with E-state index in [4.69, 9.17) is 9.47 Å². The molecule has 0 aliphatic heterocycles. The number of hydrogen-bond acceptors (Lipinski definition) is 3. The van der Waals surface area contributed by atoms with Crippen LogP contribution in [0.3, 0.4) is 0 Å². The molecule has 0 amide bonds. The first-order valence-electron chi connectivity index (χ1n) is 7.02. The Balaban J connectivity index is 2.25. The topological polar surface area (TPSA) is 30.5 Å². The fourth-order valence-corrected chi connectivity index (χ4v) is 2.98. The number of nitrogens with one attached hydrogen (secondary N) is 1. The molecule has 1 atom stereocenters. The minimum absolute atomic E-state index is 0.136. The van der Waals surface area contributed by atoms with Crippen LogP contribution in [0.15, 0.2) is 0 Å². The quantitative estimate of drug-likeness (QED) is 0.697. The summed E-state index contributed by atoms with van der Waals surface area (Å²) in [6.45, 7) is 4.42. The second kappa shape index (κ2) is 8.06. The zero-order chi connectivity index (χ0) is 12.7. The van der Waals surface area contributed by atoms with E-state index < -0.39 is 0 Å². The van der Waals surface area contributed by atoms with Crippen LogP contribution in [0.5, 0.6) is 0 Å². The summed E-state index contributed by atoms with van der Waals surface area (Å²) in [6, 6.07) is 0.906. The van der Waals surface area contributed by atoms with Crippen molar-refractivity contribution >= 4 is 0 Å². The zero-order valence-electron chi connectivity index (χ0n) is 11.9. The molecule has 17 heavy (non-hydrogen) atoms. The second-order valence-electron chi connectivity index (χ2n) is 5.30. The van der Waals surface area contributed by atoms with Crippen molar-refractivity contribution in [1.29, 1.82) is 0 Å². The van der Waals surface area contributed by atoms with E-state index in [1.54, 1.807) is 14.2 Å². The Kier molecular flexibility index (Phi) is 7.09. The lowest BCUT2D eigenvalue weighted by molar-refractivity contribution is -0.121. The van der Waals surface area contributed by atoms with Crippen molar-refractivity contribution in [2.45, 2.75) is 70.7 Å². The van der Waals surface area contributed by atoms with Gasteiger partial charge in [-0.2, -0.15) is 0 Å². The van der Waals surface area contributed by atoms with Gasteiger partial charge in [0.25, 0.3) is 0 Å². The predicted octanol–water partition coefficient (Wildman–Crippen LogP) is 2.94. The van der Waals surface area contributed by atoms with Gasteiger partial charge >= 0.3 is 0 Å². The Bertz CT molecular complexity index is 187. The molecule has 0 aromatic rings. The van der Waals surface area contributed by atoms with Crippen LogP contribution in [0.4, 0.5) is 0 Å². The van der Waals surface area contributed by atoms with E-state index in [1.807, 2.05) is 0 Å². The fraction of sp³-hybridized carbons (Fsp3) is 1.00. The number of rotatable bonds is 7. The van der Waals surface area contributed by atoms with Gasteiger partial charge in [-0.15, -0.1) is 0 Å². The molecule has 1 aliphatic rings. The van der Waals surface area contributed by atoms with Gasteiger partial charge in [0.15, 0.2) is 6.29 Å². The molecule has 0 heterocycles. The van der Waals surface area contributed by atoms with Gasteiger partial charge in [-0.25, -0.2) is 0 Å². The average Bonchev–Trinajstić information content (AvgIpc) is 2.33. The summed E-state index contributed by atoms with van der Waals surface area (Å²) in [6.07, 6.45) is 7.95. The fourth-order valence-electron chi connectivity index (χ4n) is 2.98. The van der Waals surface area contributed by atoms with E-state index in [-0.39, 0.29) is 12.3 Å². The van der Waals surface area contributed by atoms with Crippen molar-refractivity contribution < 1.29 is 9.47 Å². The SMILES string of the molecule is CCCC1CCC(NC(C)C(OC)OC)CC1. The maximum absolute atomic E-state index is 5.28. The Morgan fingerprint density at radius 1 is 1.12 bits per heavy atom. The van der Waals surface area contributed by atoms with Crippen LogP contribution >= 0.6 is 0 Å². The second-order valence-corrected chi connectivity index (χ2v) is 5.30. The molecule has 0 aromatic heterocycles. The molecule has 0 spiro atoms. The smallest absolute Gasteiger partial charge is 0.171 e. The van der Waals surface area contributed by atoms with Crippen molar-refractivity contribution in [1.82, 2.24) is 5.32 Å². The van der Waals surface area contributed by atoms with Gasteiger partial charge in [0.05, 0.1) is 6.04 Å². The summed E-state index contributed by atoms with van der Waals surface area (Å²) >= 11 is 0. The first-order chi connectivity index (χ1) is 8.21. The molecule has 1 N–H and O–H groups in total. The third-order valence-corrected chi connectivity index (χ3v) is 3.92. The first-order valence-corrected chi connectivity index (χ1v) is 7.02. The molecule has 102 valence electrons. The molecule has 0 saturated heterocycles. The number of ether oxygens (including phenoxy) is 2. The molecule has 0 bridgehead atoms. The maximum atomic E-state index is 5.28. The van der Waals surface area contributed by atoms with Gasteiger partial charge in [-0.3, -0.25) is 0 Å². The Morgan fingerprint density at radius 3 is 2.18 bits per heavy atom. The molecule has 0 aromatic carbocycles. The summed E-state index contributed by atoms with van der Waals surface area (Å²) in [5, 5.41) is 3.63. The highest BCUT2D eigenvalue weighted by Gasteiger charge is 2.24. The lowest BCUT2D eigenvalue weighted by atomic mass is 9.83. The minimum Gasteiger partial charge on any atom is -0.354 e. The van der Waals surface area contributed by atoms with E-state index in [2.05, 4.69) is 19.2 Å². The summed E-state index contributed by atoms with van der Waals surface area (Å²) < 4.78 is 10.6. The number of hydrogen-bond donors (Lipinski definition) is 1. The van der Waals surface area contributed by atoms with Crippen molar-refractivity contribution in [3.05, 3.63) is 0 Å². The first kappa shape index (κ1) is 14.9. The maximum Gasteiger partial charge on any atom is 0.171 e. The molecule has 1 rings (SSSR count). The van der Waals surface area contributed by atoms with Crippen molar-refractivity contribution in [2.75, 3.05) is 14.2 Å². The highest BCUT2D eigenvalue weighted by atomic mass is 16.7. The highest BCUT2D eigenvalue weighted by Crippen LogP contribution is 2.28. The Morgan fingerprint density at radius 2 is 1.71 bits per heavy atom. The molecule has 3 nitrogen and oxygen atoms in total. The van der Waals surface area contributed by atoms with Crippen LogP contribution in [-0.2, 0) is 9.47 Å². The van der Waals surface area contributed by atoms with Crippen LogP contribution in [0, 0.1) is 5.92 Å². The van der Waals surface area contributed by atoms with Gasteiger partial charge in [-0.1, -0.05) is 19.8 Å². The standard InChI is InChI=1S/C14H29NO2/c1-5-6-12-7-9-13(10-8-12)15-11(2)14(16-3)17-4/h11-15H,5-10H2,1-4H3. The Hall–Kier alpha value is -0.120. The predicted molar refractivity (Wildman–Crippen MR) is 71.1 cm³/mol. The van der Waals surface area contributed by atoms with Gasteiger partial charge in [0.2, 0.25) is 0 Å². The largest absolute Gasteiger partial charge is 0.354 e. The molecular weight excluding hydrogens is 214 g/mol. The average molecular weight is 243 g/mol. The lowest BCUT2D eigenvalue weighted by Gasteiger charge is -2.33. The van der Waals surface area contributed by atoms with Gasteiger partial charge in [0, 0.05) is 20.3 Å². The number of methoxy groups -OCH3 is 2. The molecule has 1 fully saturated rings. The van der Waals surface area contributed by atoms with Crippen LogP contribution in [0.1, 0.15) is 52.4 Å². The highest BCUT2D eigenvalue weighted by molar-refractivity contribution is 4.80. The normalized spacial score (nSPS) is 27.4. The monoisotopic (exact) mass is 243 g/mol. The Labute approximate surface area is 106 Å². The van der Waals surface area contributed by atoms with Crippen molar-refractivity contribution in [3.8, 4) is 0 Å². The summed E-state index contributed by atoms with van der Waals surface area (Å²) in [5.74, 6) is 0.967. The van der Waals surface area contributed by atoms with Gasteiger partial charge in [0.1, 0.15) is 0 Å². The third-order valence-electron chi connectivity index (χ3n) is 3.92. The zero-order valence-corrected chi connectivity index (χ0v) is 11.9. The van der Waals surface area contributed by atoms with Gasteiger partial charge in [-0.05, 0) is 38.5 Å². The van der Waals surface area contributed by atoms with E-state index in [9.17, 15) is 0 Å². The molecule has 1 saturated carbocycles. The summed E-state index contributed by atoms with van der Waals surface area (Å²) in [4.78, 5) is 0.